The van der Waals surface area contributed by atoms with Crippen molar-refractivity contribution in [1.82, 2.24) is 20.5 Å². The lowest BCUT2D eigenvalue weighted by Crippen LogP contribution is -2.54. The highest BCUT2D eigenvalue weighted by atomic mass is 16.2. The van der Waals surface area contributed by atoms with Crippen LogP contribution in [0.1, 0.15) is 64.0 Å². The van der Waals surface area contributed by atoms with E-state index in [1.54, 1.807) is 0 Å². The number of hydrogen-bond donors (Lipinski definition) is 2. The lowest BCUT2D eigenvalue weighted by molar-refractivity contribution is -0.146. The van der Waals surface area contributed by atoms with Gasteiger partial charge in [-0.25, -0.2) is 0 Å². The van der Waals surface area contributed by atoms with Gasteiger partial charge in [-0.1, -0.05) is 13.0 Å². The van der Waals surface area contributed by atoms with E-state index in [9.17, 15) is 9.59 Å². The smallest absolute Gasteiger partial charge is 0.226 e. The number of amides is 2. The lowest BCUT2D eigenvalue weighted by Gasteiger charge is -2.55. The molecule has 5 fully saturated rings. The van der Waals surface area contributed by atoms with E-state index in [0.29, 0.717) is 18.9 Å². The first-order chi connectivity index (χ1) is 15.5. The van der Waals surface area contributed by atoms with Crippen LogP contribution in [0.3, 0.4) is 0 Å². The Kier molecular flexibility index (Phi) is 6.24. The second-order valence-electron chi connectivity index (χ2n) is 11.2. The summed E-state index contributed by atoms with van der Waals surface area (Å²) in [5.41, 5.74) is 0.970. The zero-order valence-electron chi connectivity index (χ0n) is 19.4. The zero-order chi connectivity index (χ0) is 22.1. The third-order valence-electron chi connectivity index (χ3n) is 8.61. The van der Waals surface area contributed by atoms with E-state index >= 15 is 0 Å². The van der Waals surface area contributed by atoms with Gasteiger partial charge >= 0.3 is 0 Å². The molecule has 4 bridgehead atoms. The third-order valence-corrected chi connectivity index (χ3v) is 8.61. The van der Waals surface area contributed by atoms with Gasteiger partial charge in [0.15, 0.2) is 0 Å². The van der Waals surface area contributed by atoms with E-state index in [4.69, 9.17) is 0 Å². The van der Waals surface area contributed by atoms with Gasteiger partial charge in [-0.05, 0) is 80.8 Å². The number of nitrogens with one attached hydrogen (secondary N) is 2. The number of hydrogen-bond acceptors (Lipinski definition) is 4. The van der Waals surface area contributed by atoms with E-state index in [0.717, 1.165) is 68.8 Å². The first-order valence-corrected chi connectivity index (χ1v) is 12.7. The normalized spacial score (nSPS) is 36.1. The Balaban J connectivity index is 1.04. The molecular formula is C26H38N4O2. The number of rotatable bonds is 7. The summed E-state index contributed by atoms with van der Waals surface area (Å²) in [6.45, 7) is 5.46. The number of aromatic nitrogens is 1. The van der Waals surface area contributed by atoms with Crippen molar-refractivity contribution in [2.75, 3.05) is 19.6 Å². The SMILES string of the molecule is CC1CN(Cc2ccccn2)CCC1NC(=O)CCNC(=O)C12CC3CC(CC(C3)C1)C2. The summed E-state index contributed by atoms with van der Waals surface area (Å²) >= 11 is 0. The molecule has 6 nitrogen and oxygen atoms in total. The summed E-state index contributed by atoms with van der Waals surface area (Å²) < 4.78 is 0. The molecule has 0 radical (unpaired) electrons. The average Bonchev–Trinajstić information content (AvgIpc) is 2.75. The fraction of sp³-hybridized carbons (Fsp3) is 0.731. The van der Waals surface area contributed by atoms with Gasteiger partial charge in [0.1, 0.15) is 0 Å². The highest BCUT2D eigenvalue weighted by Gasteiger charge is 2.54. The van der Waals surface area contributed by atoms with Gasteiger partial charge in [0, 0.05) is 50.3 Å². The van der Waals surface area contributed by atoms with Crippen LogP contribution in [0.2, 0.25) is 0 Å². The van der Waals surface area contributed by atoms with E-state index in [1.807, 2.05) is 18.3 Å². The molecule has 6 heteroatoms. The highest BCUT2D eigenvalue weighted by molar-refractivity contribution is 5.84. The summed E-state index contributed by atoms with van der Waals surface area (Å²) in [7, 11) is 0. The lowest BCUT2D eigenvalue weighted by atomic mass is 9.49. The van der Waals surface area contributed by atoms with Crippen LogP contribution >= 0.6 is 0 Å². The Morgan fingerprint density at radius 1 is 1.12 bits per heavy atom. The van der Waals surface area contributed by atoms with Gasteiger partial charge in [0.05, 0.1) is 5.69 Å². The number of carbonyl (C=O) groups excluding carboxylic acids is 2. The summed E-state index contributed by atoms with van der Waals surface area (Å²) in [5.74, 6) is 2.98. The second kappa shape index (κ2) is 9.12. The fourth-order valence-electron chi connectivity index (χ4n) is 7.46. The second-order valence-corrected chi connectivity index (χ2v) is 11.2. The molecule has 1 saturated heterocycles. The maximum atomic E-state index is 13.1. The molecule has 1 aliphatic heterocycles. The first-order valence-electron chi connectivity index (χ1n) is 12.7. The Morgan fingerprint density at radius 2 is 1.84 bits per heavy atom. The van der Waals surface area contributed by atoms with E-state index in [2.05, 4.69) is 33.5 Å². The van der Waals surface area contributed by atoms with Crippen LogP contribution in [-0.4, -0.2) is 47.4 Å². The van der Waals surface area contributed by atoms with Crippen LogP contribution in [0.5, 0.6) is 0 Å². The largest absolute Gasteiger partial charge is 0.355 e. The van der Waals surface area contributed by atoms with E-state index in [-0.39, 0.29) is 23.3 Å². The monoisotopic (exact) mass is 438 g/mol. The number of carbonyl (C=O) groups is 2. The predicted molar refractivity (Wildman–Crippen MR) is 123 cm³/mol. The van der Waals surface area contributed by atoms with Crippen molar-refractivity contribution in [1.29, 1.82) is 0 Å². The van der Waals surface area contributed by atoms with Gasteiger partial charge in [0.2, 0.25) is 11.8 Å². The predicted octanol–water partition coefficient (Wildman–Crippen LogP) is 3.13. The molecule has 4 aliphatic carbocycles. The summed E-state index contributed by atoms with van der Waals surface area (Å²) in [5, 5.41) is 6.37. The zero-order valence-corrected chi connectivity index (χ0v) is 19.4. The van der Waals surface area contributed by atoms with Crippen molar-refractivity contribution in [3.63, 3.8) is 0 Å². The molecule has 32 heavy (non-hydrogen) atoms. The molecule has 2 N–H and O–H groups in total. The number of nitrogens with zero attached hydrogens (tertiary/aromatic N) is 2. The van der Waals surface area contributed by atoms with Gasteiger partial charge < -0.3 is 10.6 Å². The van der Waals surface area contributed by atoms with Gasteiger partial charge in [0.25, 0.3) is 0 Å². The minimum absolute atomic E-state index is 0.0610. The topological polar surface area (TPSA) is 74.3 Å². The minimum Gasteiger partial charge on any atom is -0.355 e. The van der Waals surface area contributed by atoms with Crippen molar-refractivity contribution >= 4 is 11.8 Å². The van der Waals surface area contributed by atoms with Crippen molar-refractivity contribution in [3.05, 3.63) is 30.1 Å². The Bertz CT molecular complexity index is 791. The van der Waals surface area contributed by atoms with E-state index in [1.165, 1.54) is 19.3 Å². The number of likely N-dealkylation sites (tertiary alicyclic amines) is 1. The molecular weight excluding hydrogens is 400 g/mol. The Morgan fingerprint density at radius 3 is 2.47 bits per heavy atom. The van der Waals surface area contributed by atoms with Crippen molar-refractivity contribution in [3.8, 4) is 0 Å². The Hall–Kier alpha value is -1.95. The van der Waals surface area contributed by atoms with Crippen LogP contribution in [0.15, 0.2) is 24.4 Å². The highest BCUT2D eigenvalue weighted by Crippen LogP contribution is 2.60. The molecule has 2 heterocycles. The van der Waals surface area contributed by atoms with Gasteiger partial charge in [-0.3, -0.25) is 19.5 Å². The van der Waals surface area contributed by atoms with Crippen molar-refractivity contribution < 1.29 is 9.59 Å². The summed E-state index contributed by atoms with van der Waals surface area (Å²) in [6, 6.07) is 6.25. The van der Waals surface area contributed by atoms with Crippen LogP contribution in [-0.2, 0) is 16.1 Å². The molecule has 2 atom stereocenters. The third kappa shape index (κ3) is 4.70. The van der Waals surface area contributed by atoms with Crippen LogP contribution in [0.25, 0.3) is 0 Å². The Labute approximate surface area is 191 Å². The first kappa shape index (κ1) is 21.9. The summed E-state index contributed by atoms with van der Waals surface area (Å²) in [6.07, 6.45) is 10.4. The molecule has 0 spiro atoms. The standard InChI is InChI=1S/C26H38N4O2/c1-18-16-30(17-22-4-2-3-7-27-22)9-6-23(18)29-24(31)5-8-28-25(32)26-13-19-10-20(14-26)12-21(11-19)15-26/h2-4,7,18-21,23H,5-6,8-17H2,1H3,(H,28,32)(H,29,31). The molecule has 1 aromatic heterocycles. The number of piperidine rings is 1. The molecule has 4 saturated carbocycles. The van der Waals surface area contributed by atoms with Crippen LogP contribution < -0.4 is 10.6 Å². The molecule has 174 valence electrons. The minimum atomic E-state index is -0.125. The fourth-order valence-corrected chi connectivity index (χ4v) is 7.46. The summed E-state index contributed by atoms with van der Waals surface area (Å²) in [4.78, 5) is 32.5. The number of pyridine rings is 1. The maximum Gasteiger partial charge on any atom is 0.226 e. The van der Waals surface area contributed by atoms with Crippen molar-refractivity contribution in [2.24, 2.45) is 29.1 Å². The van der Waals surface area contributed by atoms with Crippen molar-refractivity contribution in [2.45, 2.75) is 70.9 Å². The van der Waals surface area contributed by atoms with E-state index < -0.39 is 0 Å². The maximum absolute atomic E-state index is 13.1. The molecule has 2 unspecified atom stereocenters. The molecule has 6 rings (SSSR count). The average molecular weight is 439 g/mol. The van der Waals surface area contributed by atoms with Gasteiger partial charge in [-0.2, -0.15) is 0 Å². The molecule has 2 amide bonds. The van der Waals surface area contributed by atoms with Gasteiger partial charge in [-0.15, -0.1) is 0 Å². The molecule has 0 aromatic carbocycles. The van der Waals surface area contributed by atoms with Crippen LogP contribution in [0.4, 0.5) is 0 Å². The molecule has 5 aliphatic rings. The molecule has 1 aromatic rings. The van der Waals surface area contributed by atoms with Crippen LogP contribution in [0, 0.1) is 29.1 Å². The quantitative estimate of drug-likeness (QED) is 0.686.